The lowest BCUT2D eigenvalue weighted by molar-refractivity contribution is 0.626. The molecule has 1 aromatic heterocycles. The van der Waals surface area contributed by atoms with E-state index in [-0.39, 0.29) is 10.6 Å². The first-order chi connectivity index (χ1) is 9.08. The molecule has 3 nitrogen and oxygen atoms in total. The highest BCUT2D eigenvalue weighted by atomic mass is 32.1. The van der Waals surface area contributed by atoms with Crippen molar-refractivity contribution in [3.63, 3.8) is 0 Å². The Hall–Kier alpha value is -2.01. The van der Waals surface area contributed by atoms with Crippen molar-refractivity contribution in [2.75, 3.05) is 5.32 Å². The number of pyridine rings is 1. The molecule has 0 radical (unpaired) electrons. The molecule has 0 bridgehead atoms. The number of anilines is 1. The lowest BCUT2D eigenvalue weighted by Gasteiger charge is -2.09. The maximum atomic E-state index is 13.7. The highest BCUT2D eigenvalue weighted by Crippen LogP contribution is 2.16. The molecule has 0 aliphatic heterocycles. The molecule has 0 unspecified atom stereocenters. The molecule has 2 aromatic rings. The van der Waals surface area contributed by atoms with Gasteiger partial charge in [0.2, 0.25) is 0 Å². The highest BCUT2D eigenvalue weighted by molar-refractivity contribution is 7.80. The zero-order chi connectivity index (χ0) is 13.8. The molecule has 0 amide bonds. The van der Waals surface area contributed by atoms with Crippen molar-refractivity contribution in [1.82, 2.24) is 4.98 Å². The predicted molar refractivity (Wildman–Crippen MR) is 78.6 cm³/mol. The molecule has 5 heteroatoms. The SMILES string of the molecule is Cc1ccncc1CNc1ccc(C(N)=S)c(F)c1. The summed E-state index contributed by atoms with van der Waals surface area (Å²) in [6, 6.07) is 6.66. The number of thiocarbonyl (C=S) groups is 1. The van der Waals surface area contributed by atoms with Gasteiger partial charge in [-0.3, -0.25) is 4.98 Å². The molecule has 0 fully saturated rings. The molecule has 2 rings (SSSR count). The van der Waals surface area contributed by atoms with Crippen LogP contribution in [0.4, 0.5) is 10.1 Å². The molecule has 1 aromatic carbocycles. The Labute approximate surface area is 116 Å². The van der Waals surface area contributed by atoms with E-state index in [0.717, 1.165) is 11.1 Å². The zero-order valence-corrected chi connectivity index (χ0v) is 11.3. The van der Waals surface area contributed by atoms with Crippen LogP contribution in [-0.2, 0) is 6.54 Å². The van der Waals surface area contributed by atoms with E-state index in [0.29, 0.717) is 12.2 Å². The van der Waals surface area contributed by atoms with Gasteiger partial charge in [-0.2, -0.15) is 0 Å². The minimum Gasteiger partial charge on any atom is -0.389 e. The fourth-order valence-electron chi connectivity index (χ4n) is 1.70. The number of benzene rings is 1. The van der Waals surface area contributed by atoms with Gasteiger partial charge in [-0.25, -0.2) is 4.39 Å². The third-order valence-electron chi connectivity index (χ3n) is 2.86. The van der Waals surface area contributed by atoms with E-state index in [1.165, 1.54) is 6.07 Å². The summed E-state index contributed by atoms with van der Waals surface area (Å²) in [5, 5.41) is 3.14. The van der Waals surface area contributed by atoms with Crippen molar-refractivity contribution in [3.8, 4) is 0 Å². The molecule has 3 N–H and O–H groups in total. The van der Waals surface area contributed by atoms with Crippen LogP contribution in [0.25, 0.3) is 0 Å². The van der Waals surface area contributed by atoms with Gasteiger partial charge >= 0.3 is 0 Å². The molecular weight excluding hydrogens is 261 g/mol. The Kier molecular flexibility index (Phi) is 4.06. The van der Waals surface area contributed by atoms with Crippen LogP contribution in [0.3, 0.4) is 0 Å². The predicted octanol–water partition coefficient (Wildman–Crippen LogP) is 2.78. The highest BCUT2D eigenvalue weighted by Gasteiger charge is 2.06. The first-order valence-electron chi connectivity index (χ1n) is 5.80. The van der Waals surface area contributed by atoms with Crippen molar-refractivity contribution in [3.05, 3.63) is 59.2 Å². The van der Waals surface area contributed by atoms with Gasteiger partial charge in [0.05, 0.1) is 0 Å². The van der Waals surface area contributed by atoms with Gasteiger partial charge in [0.25, 0.3) is 0 Å². The summed E-state index contributed by atoms with van der Waals surface area (Å²) in [5.74, 6) is -0.416. The maximum Gasteiger partial charge on any atom is 0.135 e. The van der Waals surface area contributed by atoms with Crippen molar-refractivity contribution in [2.45, 2.75) is 13.5 Å². The Morgan fingerprint density at radius 3 is 2.84 bits per heavy atom. The van der Waals surface area contributed by atoms with E-state index in [1.807, 2.05) is 13.0 Å². The fourth-order valence-corrected chi connectivity index (χ4v) is 1.87. The van der Waals surface area contributed by atoms with Crippen LogP contribution in [-0.4, -0.2) is 9.97 Å². The lowest BCUT2D eigenvalue weighted by Crippen LogP contribution is -2.12. The maximum absolute atomic E-state index is 13.7. The van der Waals surface area contributed by atoms with E-state index >= 15 is 0 Å². The van der Waals surface area contributed by atoms with Crippen molar-refractivity contribution < 1.29 is 4.39 Å². The topological polar surface area (TPSA) is 50.9 Å². The third-order valence-corrected chi connectivity index (χ3v) is 3.08. The van der Waals surface area contributed by atoms with Crippen LogP contribution >= 0.6 is 12.2 Å². The molecule has 0 saturated carbocycles. The minimum absolute atomic E-state index is 0.0622. The monoisotopic (exact) mass is 275 g/mol. The second-order valence-corrected chi connectivity index (χ2v) is 4.65. The molecular formula is C14H14FN3S. The van der Waals surface area contributed by atoms with E-state index in [2.05, 4.69) is 10.3 Å². The Morgan fingerprint density at radius 1 is 1.42 bits per heavy atom. The van der Waals surface area contributed by atoms with Gasteiger partial charge in [-0.05, 0) is 42.3 Å². The number of nitrogens with one attached hydrogen (secondary N) is 1. The summed E-state index contributed by atoms with van der Waals surface area (Å²) in [4.78, 5) is 4.13. The van der Waals surface area contributed by atoms with Crippen molar-refractivity contribution in [1.29, 1.82) is 0 Å². The molecule has 0 aliphatic carbocycles. The van der Waals surface area contributed by atoms with E-state index in [1.54, 1.807) is 24.5 Å². The van der Waals surface area contributed by atoms with E-state index < -0.39 is 5.82 Å². The van der Waals surface area contributed by atoms with Crippen LogP contribution in [0.15, 0.2) is 36.7 Å². The molecule has 98 valence electrons. The summed E-state index contributed by atoms with van der Waals surface area (Å²) >= 11 is 4.76. The summed E-state index contributed by atoms with van der Waals surface area (Å²) in [5.41, 5.74) is 8.57. The average molecular weight is 275 g/mol. The smallest absolute Gasteiger partial charge is 0.135 e. The summed E-state index contributed by atoms with van der Waals surface area (Å²) < 4.78 is 13.7. The van der Waals surface area contributed by atoms with Gasteiger partial charge in [-0.1, -0.05) is 12.2 Å². The molecule has 1 heterocycles. The minimum atomic E-state index is -0.416. The average Bonchev–Trinajstić information content (AvgIpc) is 2.37. The molecule has 19 heavy (non-hydrogen) atoms. The molecule has 0 aliphatic rings. The second kappa shape index (κ2) is 5.75. The first kappa shape index (κ1) is 13.4. The number of aromatic nitrogens is 1. The summed E-state index contributed by atoms with van der Waals surface area (Å²) in [7, 11) is 0. The summed E-state index contributed by atoms with van der Waals surface area (Å²) in [6.45, 7) is 2.60. The van der Waals surface area contributed by atoms with Crippen LogP contribution < -0.4 is 11.1 Å². The first-order valence-corrected chi connectivity index (χ1v) is 6.21. The normalized spacial score (nSPS) is 10.2. The Bertz CT molecular complexity index is 613. The van der Waals surface area contributed by atoms with Crippen molar-refractivity contribution in [2.24, 2.45) is 5.73 Å². The van der Waals surface area contributed by atoms with Gasteiger partial charge in [0, 0.05) is 30.2 Å². The number of nitrogens with zero attached hydrogens (tertiary/aromatic N) is 1. The quantitative estimate of drug-likeness (QED) is 0.842. The van der Waals surface area contributed by atoms with Crippen molar-refractivity contribution >= 4 is 22.9 Å². The van der Waals surface area contributed by atoms with E-state index in [4.69, 9.17) is 18.0 Å². The van der Waals surface area contributed by atoms with E-state index in [9.17, 15) is 4.39 Å². The standard InChI is InChI=1S/C14H14FN3S/c1-9-4-5-17-7-10(9)8-18-11-2-3-12(14(16)19)13(15)6-11/h2-7,18H,8H2,1H3,(H2,16,19). The number of hydrogen-bond acceptors (Lipinski definition) is 3. The number of aryl methyl sites for hydroxylation is 1. The molecule has 0 spiro atoms. The second-order valence-electron chi connectivity index (χ2n) is 4.21. The van der Waals surface area contributed by atoms with Gasteiger partial charge in [-0.15, -0.1) is 0 Å². The Morgan fingerprint density at radius 2 is 2.21 bits per heavy atom. The number of nitrogens with two attached hydrogens (primary N) is 1. The molecule has 0 saturated heterocycles. The van der Waals surface area contributed by atoms with Gasteiger partial charge in [0.15, 0.2) is 0 Å². The largest absolute Gasteiger partial charge is 0.389 e. The summed E-state index contributed by atoms with van der Waals surface area (Å²) in [6.07, 6.45) is 3.54. The number of rotatable bonds is 4. The van der Waals surface area contributed by atoms with Crippen LogP contribution in [0.5, 0.6) is 0 Å². The lowest BCUT2D eigenvalue weighted by atomic mass is 10.1. The van der Waals surface area contributed by atoms with Crippen LogP contribution in [0, 0.1) is 12.7 Å². The van der Waals surface area contributed by atoms with Crippen LogP contribution in [0.1, 0.15) is 16.7 Å². The van der Waals surface area contributed by atoms with Gasteiger partial charge in [0.1, 0.15) is 10.8 Å². The third kappa shape index (κ3) is 3.26. The van der Waals surface area contributed by atoms with Crippen LogP contribution in [0.2, 0.25) is 0 Å². The number of hydrogen-bond donors (Lipinski definition) is 2. The zero-order valence-electron chi connectivity index (χ0n) is 10.5. The fraction of sp³-hybridized carbons (Fsp3) is 0.143. The number of halogens is 1. The Balaban J connectivity index is 2.11. The van der Waals surface area contributed by atoms with Gasteiger partial charge < -0.3 is 11.1 Å². The molecule has 0 atom stereocenters.